The second-order valence-electron chi connectivity index (χ2n) is 5.50. The van der Waals surface area contributed by atoms with Crippen LogP contribution in [0.3, 0.4) is 0 Å². The van der Waals surface area contributed by atoms with Crippen LogP contribution in [-0.4, -0.2) is 32.8 Å². The Kier molecular flexibility index (Phi) is 5.12. The maximum atomic E-state index is 11.5. The monoisotopic (exact) mass is 354 g/mol. The molecule has 0 aliphatic heterocycles. The summed E-state index contributed by atoms with van der Waals surface area (Å²) in [6.07, 6.45) is 1.61. The molecule has 3 aromatic rings. The van der Waals surface area contributed by atoms with E-state index in [2.05, 4.69) is 20.4 Å². The minimum absolute atomic E-state index is 0.0931. The molecule has 134 valence electrons. The van der Waals surface area contributed by atoms with Crippen LogP contribution in [0.5, 0.6) is 5.75 Å². The van der Waals surface area contributed by atoms with Crippen LogP contribution in [0.15, 0.2) is 41.1 Å². The molecule has 2 heterocycles. The molecule has 0 radical (unpaired) electrons. The van der Waals surface area contributed by atoms with Gasteiger partial charge >= 0.3 is 5.97 Å². The molecule has 1 aromatic carbocycles. The van der Waals surface area contributed by atoms with Crippen molar-refractivity contribution in [3.05, 3.63) is 53.5 Å². The van der Waals surface area contributed by atoms with Crippen molar-refractivity contribution in [2.45, 2.75) is 20.4 Å². The van der Waals surface area contributed by atoms with E-state index in [0.717, 1.165) is 11.5 Å². The Balaban J connectivity index is 1.83. The number of carboxylic acids is 1. The van der Waals surface area contributed by atoms with E-state index < -0.39 is 5.97 Å². The number of aryl methyl sites for hydroxylation is 1. The van der Waals surface area contributed by atoms with E-state index in [-0.39, 0.29) is 5.56 Å². The van der Waals surface area contributed by atoms with E-state index in [4.69, 9.17) is 9.26 Å². The van der Waals surface area contributed by atoms with Crippen LogP contribution in [0.2, 0.25) is 0 Å². The normalized spacial score (nSPS) is 10.5. The number of hydrogen-bond acceptors (Lipinski definition) is 7. The van der Waals surface area contributed by atoms with Crippen molar-refractivity contribution < 1.29 is 19.2 Å². The zero-order valence-corrected chi connectivity index (χ0v) is 14.4. The Bertz CT molecular complexity index is 923. The number of rotatable bonds is 7. The van der Waals surface area contributed by atoms with Gasteiger partial charge in [0.05, 0.1) is 18.8 Å². The molecular formula is C18H18N4O4. The van der Waals surface area contributed by atoms with Gasteiger partial charge in [-0.15, -0.1) is 0 Å². The number of aromatic carboxylic acids is 1. The van der Waals surface area contributed by atoms with Gasteiger partial charge in [0.1, 0.15) is 22.8 Å². The Labute approximate surface area is 149 Å². The number of nitrogens with one attached hydrogen (secondary N) is 1. The third-order valence-corrected chi connectivity index (χ3v) is 3.57. The van der Waals surface area contributed by atoms with Crippen LogP contribution in [0, 0.1) is 6.92 Å². The number of carboxylic acid groups (broad SMARTS) is 1. The van der Waals surface area contributed by atoms with Crippen molar-refractivity contribution in [2.75, 3.05) is 11.9 Å². The third-order valence-electron chi connectivity index (χ3n) is 3.57. The molecule has 0 saturated heterocycles. The van der Waals surface area contributed by atoms with E-state index in [0.29, 0.717) is 36.1 Å². The first kappa shape index (κ1) is 17.4. The second kappa shape index (κ2) is 7.64. The summed E-state index contributed by atoms with van der Waals surface area (Å²) in [7, 11) is 0. The van der Waals surface area contributed by atoms with Crippen molar-refractivity contribution in [3.8, 4) is 17.0 Å². The zero-order valence-electron chi connectivity index (χ0n) is 14.4. The van der Waals surface area contributed by atoms with Gasteiger partial charge in [0, 0.05) is 17.8 Å². The summed E-state index contributed by atoms with van der Waals surface area (Å²) in [5.74, 6) is 0.419. The molecule has 26 heavy (non-hydrogen) atoms. The highest BCUT2D eigenvalue weighted by molar-refractivity contribution is 5.92. The fourth-order valence-corrected chi connectivity index (χ4v) is 2.41. The molecule has 3 rings (SSSR count). The molecule has 0 spiro atoms. The fourth-order valence-electron chi connectivity index (χ4n) is 2.41. The number of anilines is 1. The Hall–Kier alpha value is -3.42. The lowest BCUT2D eigenvalue weighted by Gasteiger charge is -2.10. The highest BCUT2D eigenvalue weighted by atomic mass is 16.5. The van der Waals surface area contributed by atoms with Crippen LogP contribution in [0.4, 0.5) is 5.95 Å². The molecule has 0 amide bonds. The predicted octanol–water partition coefficient (Wildman–Crippen LogP) is 3.15. The van der Waals surface area contributed by atoms with Gasteiger partial charge in [-0.3, -0.25) is 0 Å². The molecule has 0 aliphatic carbocycles. The second-order valence-corrected chi connectivity index (χ2v) is 5.50. The standard InChI is InChI=1S/C18H18N4O4/c1-3-25-16-5-4-12(9-14(16)17(23)24)15-6-7-19-18(21-15)20-10-13-8-11(2)26-22-13/h4-9H,3,10H2,1-2H3,(H,23,24)(H,19,20,21). The van der Waals surface area contributed by atoms with Crippen LogP contribution in [0.25, 0.3) is 11.3 Å². The molecule has 0 bridgehead atoms. The Morgan fingerprint density at radius 3 is 2.85 bits per heavy atom. The molecule has 8 nitrogen and oxygen atoms in total. The van der Waals surface area contributed by atoms with Gasteiger partial charge in [-0.05, 0) is 38.1 Å². The number of aromatic nitrogens is 3. The van der Waals surface area contributed by atoms with Gasteiger partial charge in [0.25, 0.3) is 0 Å². The number of ether oxygens (including phenoxy) is 1. The topological polar surface area (TPSA) is 110 Å². The highest BCUT2D eigenvalue weighted by Gasteiger charge is 2.14. The average molecular weight is 354 g/mol. The fraction of sp³-hybridized carbons (Fsp3) is 0.222. The van der Waals surface area contributed by atoms with Gasteiger partial charge in [-0.1, -0.05) is 5.16 Å². The first-order chi connectivity index (χ1) is 12.6. The SMILES string of the molecule is CCOc1ccc(-c2ccnc(NCc3cc(C)on3)n2)cc1C(=O)O. The third kappa shape index (κ3) is 3.97. The van der Waals surface area contributed by atoms with Crippen molar-refractivity contribution in [1.29, 1.82) is 0 Å². The quantitative estimate of drug-likeness (QED) is 0.666. The van der Waals surface area contributed by atoms with Crippen LogP contribution < -0.4 is 10.1 Å². The average Bonchev–Trinajstić information content (AvgIpc) is 3.06. The van der Waals surface area contributed by atoms with Crippen molar-refractivity contribution in [3.63, 3.8) is 0 Å². The van der Waals surface area contributed by atoms with Crippen molar-refractivity contribution in [2.24, 2.45) is 0 Å². The number of nitrogens with zero attached hydrogens (tertiary/aromatic N) is 3. The van der Waals surface area contributed by atoms with Gasteiger partial charge in [-0.2, -0.15) is 0 Å². The van der Waals surface area contributed by atoms with Crippen LogP contribution in [0.1, 0.15) is 28.7 Å². The van der Waals surface area contributed by atoms with Crippen LogP contribution >= 0.6 is 0 Å². The van der Waals surface area contributed by atoms with Gasteiger partial charge in [-0.25, -0.2) is 14.8 Å². The molecule has 2 aromatic heterocycles. The maximum absolute atomic E-state index is 11.5. The molecule has 8 heteroatoms. The van der Waals surface area contributed by atoms with E-state index in [9.17, 15) is 9.90 Å². The lowest BCUT2D eigenvalue weighted by atomic mass is 10.1. The molecule has 0 unspecified atom stereocenters. The maximum Gasteiger partial charge on any atom is 0.339 e. The highest BCUT2D eigenvalue weighted by Crippen LogP contribution is 2.26. The van der Waals surface area contributed by atoms with Crippen molar-refractivity contribution >= 4 is 11.9 Å². The summed E-state index contributed by atoms with van der Waals surface area (Å²) in [6, 6.07) is 8.48. The minimum Gasteiger partial charge on any atom is -0.493 e. The molecule has 2 N–H and O–H groups in total. The largest absolute Gasteiger partial charge is 0.493 e. The van der Waals surface area contributed by atoms with Gasteiger partial charge in [0.15, 0.2) is 0 Å². The molecule has 0 atom stereocenters. The van der Waals surface area contributed by atoms with E-state index in [1.54, 1.807) is 37.4 Å². The first-order valence-electron chi connectivity index (χ1n) is 8.06. The molecule has 0 fully saturated rings. The summed E-state index contributed by atoms with van der Waals surface area (Å²) in [5.41, 5.74) is 2.10. The minimum atomic E-state index is -1.05. The van der Waals surface area contributed by atoms with E-state index in [1.807, 2.05) is 13.0 Å². The Morgan fingerprint density at radius 2 is 2.15 bits per heavy atom. The van der Waals surface area contributed by atoms with Crippen molar-refractivity contribution in [1.82, 2.24) is 15.1 Å². The van der Waals surface area contributed by atoms with E-state index >= 15 is 0 Å². The lowest BCUT2D eigenvalue weighted by molar-refractivity contribution is 0.0692. The summed E-state index contributed by atoms with van der Waals surface area (Å²) >= 11 is 0. The number of carbonyl (C=O) groups is 1. The Morgan fingerprint density at radius 1 is 1.31 bits per heavy atom. The summed E-state index contributed by atoms with van der Waals surface area (Å²) < 4.78 is 10.4. The summed E-state index contributed by atoms with van der Waals surface area (Å²) in [6.45, 7) is 4.44. The molecule has 0 aliphatic rings. The molecular weight excluding hydrogens is 336 g/mol. The van der Waals surface area contributed by atoms with Crippen LogP contribution in [-0.2, 0) is 6.54 Å². The van der Waals surface area contributed by atoms with E-state index in [1.165, 1.54) is 0 Å². The molecule has 0 saturated carbocycles. The number of benzene rings is 1. The van der Waals surface area contributed by atoms with Gasteiger partial charge < -0.3 is 19.7 Å². The first-order valence-corrected chi connectivity index (χ1v) is 8.06. The lowest BCUT2D eigenvalue weighted by Crippen LogP contribution is -2.05. The van der Waals surface area contributed by atoms with Gasteiger partial charge in [0.2, 0.25) is 5.95 Å². The predicted molar refractivity (Wildman–Crippen MR) is 94.2 cm³/mol. The summed E-state index contributed by atoms with van der Waals surface area (Å²) in [5, 5.41) is 16.4. The summed E-state index contributed by atoms with van der Waals surface area (Å²) in [4.78, 5) is 20.1. The number of hydrogen-bond donors (Lipinski definition) is 2. The zero-order chi connectivity index (χ0) is 18.5. The smallest absolute Gasteiger partial charge is 0.339 e.